The van der Waals surface area contributed by atoms with E-state index in [1.165, 1.54) is 6.07 Å². The summed E-state index contributed by atoms with van der Waals surface area (Å²) >= 11 is 0. The number of rotatable bonds is 6. The molecule has 0 radical (unpaired) electrons. The Morgan fingerprint density at radius 2 is 1.96 bits per heavy atom. The third-order valence-electron chi connectivity index (χ3n) is 5.01. The van der Waals surface area contributed by atoms with Crippen LogP contribution in [0.3, 0.4) is 0 Å². The maximum Gasteiger partial charge on any atom is 0.290 e. The van der Waals surface area contributed by atoms with Gasteiger partial charge in [-0.3, -0.25) is 4.79 Å². The Kier molecular flexibility index (Phi) is 6.13. The number of carbonyl (C=O) groups is 1. The number of benzene rings is 1. The van der Waals surface area contributed by atoms with Gasteiger partial charge >= 0.3 is 0 Å². The van der Waals surface area contributed by atoms with Crippen molar-refractivity contribution in [3.05, 3.63) is 47.3 Å². The standard InChI is InChI=1S/C18H24FN3O.CH2O2/c1-4-15-20-16(22(21-15)10-7-11-23)18(12-17(18,2)3)13-8-5-6-9-14(13)19;2-1-3/h5-6,8-9,23H,4,7,10-12H2,1-3H3;1H,(H,2,3). The zero-order valence-corrected chi connectivity index (χ0v) is 15.4. The fourth-order valence-electron chi connectivity index (χ4n) is 3.62. The molecule has 142 valence electrons. The first kappa shape index (κ1) is 20.0. The van der Waals surface area contributed by atoms with Crippen LogP contribution in [0.15, 0.2) is 24.3 Å². The molecule has 7 heteroatoms. The Balaban J connectivity index is 0.000000758. The fraction of sp³-hybridized carbons (Fsp3) is 0.526. The molecule has 1 aliphatic carbocycles. The number of aliphatic hydroxyl groups excluding tert-OH is 1. The molecule has 6 nitrogen and oxygen atoms in total. The summed E-state index contributed by atoms with van der Waals surface area (Å²) in [6, 6.07) is 6.97. The number of hydrogen-bond donors (Lipinski definition) is 2. The molecular formula is C19H26FN3O3. The Labute approximate surface area is 152 Å². The number of hydrogen-bond acceptors (Lipinski definition) is 4. The molecule has 1 unspecified atom stereocenters. The molecule has 0 bridgehead atoms. The highest BCUT2D eigenvalue weighted by Gasteiger charge is 2.66. The third kappa shape index (κ3) is 3.49. The Morgan fingerprint density at radius 3 is 2.46 bits per heavy atom. The van der Waals surface area contributed by atoms with Gasteiger partial charge in [0.05, 0.1) is 5.41 Å². The van der Waals surface area contributed by atoms with Crippen molar-refractivity contribution in [1.82, 2.24) is 14.8 Å². The molecule has 1 fully saturated rings. The average molecular weight is 363 g/mol. The zero-order valence-electron chi connectivity index (χ0n) is 15.4. The summed E-state index contributed by atoms with van der Waals surface area (Å²) in [4.78, 5) is 13.1. The highest BCUT2D eigenvalue weighted by Crippen LogP contribution is 2.67. The quantitative estimate of drug-likeness (QED) is 0.771. The van der Waals surface area contributed by atoms with Crippen LogP contribution in [-0.2, 0) is 23.2 Å². The van der Waals surface area contributed by atoms with Crippen molar-refractivity contribution >= 4 is 6.47 Å². The van der Waals surface area contributed by atoms with Gasteiger partial charge in [0, 0.05) is 25.1 Å². The van der Waals surface area contributed by atoms with E-state index in [0.29, 0.717) is 18.5 Å². The summed E-state index contributed by atoms with van der Waals surface area (Å²) < 4.78 is 16.4. The fourth-order valence-corrected chi connectivity index (χ4v) is 3.62. The number of nitrogens with zero attached hydrogens (tertiary/aromatic N) is 3. The van der Waals surface area contributed by atoms with Crippen LogP contribution in [0.4, 0.5) is 4.39 Å². The summed E-state index contributed by atoms with van der Waals surface area (Å²) in [6.07, 6.45) is 2.21. The van der Waals surface area contributed by atoms with Gasteiger partial charge in [0.25, 0.3) is 6.47 Å². The van der Waals surface area contributed by atoms with Crippen molar-refractivity contribution < 1.29 is 19.4 Å². The molecule has 26 heavy (non-hydrogen) atoms. The minimum Gasteiger partial charge on any atom is -0.483 e. The Bertz CT molecular complexity index is 760. The Hall–Kier alpha value is -2.28. The number of halogens is 1. The minimum absolute atomic E-state index is 0.0653. The van der Waals surface area contributed by atoms with E-state index in [1.807, 2.05) is 23.7 Å². The monoisotopic (exact) mass is 363 g/mol. The second-order valence-electron chi connectivity index (χ2n) is 7.06. The van der Waals surface area contributed by atoms with Crippen LogP contribution in [0.5, 0.6) is 0 Å². The van der Waals surface area contributed by atoms with E-state index < -0.39 is 5.41 Å². The van der Waals surface area contributed by atoms with Gasteiger partial charge in [-0.15, -0.1) is 0 Å². The Morgan fingerprint density at radius 1 is 1.35 bits per heavy atom. The first-order valence-corrected chi connectivity index (χ1v) is 8.75. The highest BCUT2D eigenvalue weighted by atomic mass is 19.1. The molecule has 1 aliphatic rings. The van der Waals surface area contributed by atoms with Gasteiger partial charge in [-0.1, -0.05) is 39.0 Å². The van der Waals surface area contributed by atoms with E-state index in [0.717, 1.165) is 24.5 Å². The van der Waals surface area contributed by atoms with Crippen molar-refractivity contribution in [2.24, 2.45) is 5.41 Å². The van der Waals surface area contributed by atoms with Gasteiger partial charge in [-0.2, -0.15) is 5.10 Å². The smallest absolute Gasteiger partial charge is 0.290 e. The van der Waals surface area contributed by atoms with Crippen LogP contribution in [0, 0.1) is 11.2 Å². The predicted octanol–water partition coefficient (Wildman–Crippen LogP) is 2.78. The van der Waals surface area contributed by atoms with Crippen molar-refractivity contribution in [2.75, 3.05) is 6.61 Å². The normalized spacial score (nSPS) is 20.2. The van der Waals surface area contributed by atoms with Crippen molar-refractivity contribution in [3.8, 4) is 0 Å². The van der Waals surface area contributed by atoms with Crippen molar-refractivity contribution in [1.29, 1.82) is 0 Å². The maximum atomic E-state index is 14.5. The number of aromatic nitrogens is 3. The molecule has 2 aromatic rings. The summed E-state index contributed by atoms with van der Waals surface area (Å²) in [6.45, 7) is 6.78. The van der Waals surface area contributed by atoms with E-state index >= 15 is 0 Å². The molecule has 1 heterocycles. The molecule has 3 rings (SSSR count). The summed E-state index contributed by atoms with van der Waals surface area (Å²) in [5.74, 6) is 1.42. The van der Waals surface area contributed by atoms with Crippen LogP contribution >= 0.6 is 0 Å². The van der Waals surface area contributed by atoms with Gasteiger partial charge in [-0.25, -0.2) is 14.1 Å². The number of aryl methyl sites for hydroxylation is 2. The van der Waals surface area contributed by atoms with Crippen LogP contribution in [0.2, 0.25) is 0 Å². The lowest BCUT2D eigenvalue weighted by Gasteiger charge is -2.22. The SMILES string of the molecule is CCc1nc(C2(c3ccccc3F)CC2(C)C)n(CCCO)n1.O=CO. The van der Waals surface area contributed by atoms with Gasteiger partial charge in [-0.05, 0) is 24.3 Å². The second-order valence-corrected chi connectivity index (χ2v) is 7.06. The van der Waals surface area contributed by atoms with Gasteiger partial charge < -0.3 is 10.2 Å². The second kappa shape index (κ2) is 7.95. The first-order chi connectivity index (χ1) is 12.4. The molecule has 1 aromatic heterocycles. The first-order valence-electron chi connectivity index (χ1n) is 8.75. The van der Waals surface area contributed by atoms with Crippen molar-refractivity contribution in [2.45, 2.75) is 52.0 Å². The summed E-state index contributed by atoms with van der Waals surface area (Å²) in [7, 11) is 0. The van der Waals surface area contributed by atoms with Crippen LogP contribution < -0.4 is 0 Å². The van der Waals surface area contributed by atoms with E-state index in [-0.39, 0.29) is 24.3 Å². The molecule has 0 amide bonds. The van der Waals surface area contributed by atoms with Gasteiger partial charge in [0.2, 0.25) is 0 Å². The minimum atomic E-state index is -0.436. The van der Waals surface area contributed by atoms with E-state index in [9.17, 15) is 4.39 Å². The molecule has 2 N–H and O–H groups in total. The molecule has 1 aromatic carbocycles. The zero-order chi connectivity index (χ0) is 19.4. The van der Waals surface area contributed by atoms with Crippen LogP contribution in [0.25, 0.3) is 0 Å². The summed E-state index contributed by atoms with van der Waals surface area (Å²) in [5.41, 5.74) is 0.198. The van der Waals surface area contributed by atoms with Crippen LogP contribution in [-0.4, -0.2) is 38.1 Å². The number of aliphatic hydroxyl groups is 1. The lowest BCUT2D eigenvalue weighted by atomic mass is 9.86. The molecular weight excluding hydrogens is 337 g/mol. The molecule has 0 aliphatic heterocycles. The van der Waals surface area contributed by atoms with Crippen molar-refractivity contribution in [3.63, 3.8) is 0 Å². The predicted molar refractivity (Wildman–Crippen MR) is 95.4 cm³/mol. The maximum absolute atomic E-state index is 14.5. The molecule has 0 spiro atoms. The molecule has 1 atom stereocenters. The third-order valence-corrected chi connectivity index (χ3v) is 5.01. The van der Waals surface area contributed by atoms with Gasteiger partial charge in [0.1, 0.15) is 11.6 Å². The number of carboxylic acid groups (broad SMARTS) is 1. The average Bonchev–Trinajstić information content (AvgIpc) is 2.98. The largest absolute Gasteiger partial charge is 0.483 e. The molecule has 1 saturated carbocycles. The van der Waals surface area contributed by atoms with E-state index in [2.05, 4.69) is 18.9 Å². The molecule has 0 saturated heterocycles. The van der Waals surface area contributed by atoms with Gasteiger partial charge in [0.15, 0.2) is 5.82 Å². The van der Waals surface area contributed by atoms with Crippen LogP contribution in [0.1, 0.15) is 50.8 Å². The lowest BCUT2D eigenvalue weighted by molar-refractivity contribution is -0.122. The summed E-state index contributed by atoms with van der Waals surface area (Å²) in [5, 5.41) is 20.6. The highest BCUT2D eigenvalue weighted by molar-refractivity contribution is 5.45. The van der Waals surface area contributed by atoms with E-state index in [4.69, 9.17) is 20.0 Å². The lowest BCUT2D eigenvalue weighted by Crippen LogP contribution is -2.24. The van der Waals surface area contributed by atoms with E-state index in [1.54, 1.807) is 6.07 Å². The topological polar surface area (TPSA) is 88.2 Å².